The average molecular weight is 365 g/mol. The van der Waals surface area contributed by atoms with E-state index >= 15 is 0 Å². The van der Waals surface area contributed by atoms with Crippen LogP contribution in [0.15, 0.2) is 41.1 Å². The van der Waals surface area contributed by atoms with Gasteiger partial charge in [-0.1, -0.05) is 15.9 Å². The number of anilines is 1. The van der Waals surface area contributed by atoms with Gasteiger partial charge < -0.3 is 10.2 Å². The highest BCUT2D eigenvalue weighted by Gasteiger charge is 2.20. The number of nitrogens with one attached hydrogen (secondary N) is 1. The van der Waals surface area contributed by atoms with Crippen LogP contribution in [0.5, 0.6) is 0 Å². The molecule has 1 N–H and O–H groups in total. The Morgan fingerprint density at radius 1 is 1.23 bits per heavy atom. The molecule has 0 unspecified atom stereocenters. The third-order valence-corrected chi connectivity index (χ3v) is 4.41. The van der Waals surface area contributed by atoms with Crippen LogP contribution in [0.2, 0.25) is 0 Å². The van der Waals surface area contributed by atoms with E-state index in [2.05, 4.69) is 36.1 Å². The Kier molecular flexibility index (Phi) is 5.00. The molecule has 6 heteroatoms. The van der Waals surface area contributed by atoms with Crippen molar-refractivity contribution in [2.24, 2.45) is 0 Å². The standard InChI is InChI=1S/C16H18BrFN4/c17-13-2-3-15(18)12(10-13)11-21-14-4-8-22(9-5-14)16-19-6-1-7-20-16/h1-3,6-7,10,14,21H,4-5,8-9,11H2. The van der Waals surface area contributed by atoms with Crippen LogP contribution >= 0.6 is 15.9 Å². The molecule has 1 aliphatic rings. The van der Waals surface area contributed by atoms with Crippen LogP contribution in [0.1, 0.15) is 18.4 Å². The molecule has 1 aromatic carbocycles. The Morgan fingerprint density at radius 2 is 1.95 bits per heavy atom. The molecule has 0 aliphatic carbocycles. The third kappa shape index (κ3) is 3.81. The van der Waals surface area contributed by atoms with Crippen LogP contribution in [0, 0.1) is 5.82 Å². The zero-order chi connectivity index (χ0) is 15.4. The summed E-state index contributed by atoms with van der Waals surface area (Å²) < 4.78 is 14.6. The lowest BCUT2D eigenvalue weighted by Gasteiger charge is -2.32. The van der Waals surface area contributed by atoms with Crippen molar-refractivity contribution in [2.45, 2.75) is 25.4 Å². The fourth-order valence-electron chi connectivity index (χ4n) is 2.67. The lowest BCUT2D eigenvalue weighted by Crippen LogP contribution is -2.43. The van der Waals surface area contributed by atoms with E-state index in [0.717, 1.165) is 36.4 Å². The lowest BCUT2D eigenvalue weighted by atomic mass is 10.0. The zero-order valence-electron chi connectivity index (χ0n) is 12.2. The summed E-state index contributed by atoms with van der Waals surface area (Å²) in [4.78, 5) is 10.8. The minimum absolute atomic E-state index is 0.161. The molecule has 0 atom stereocenters. The minimum Gasteiger partial charge on any atom is -0.341 e. The summed E-state index contributed by atoms with van der Waals surface area (Å²) >= 11 is 3.38. The van der Waals surface area contributed by atoms with Crippen LogP contribution in [0.25, 0.3) is 0 Å². The molecule has 2 heterocycles. The highest BCUT2D eigenvalue weighted by Crippen LogP contribution is 2.18. The molecule has 116 valence electrons. The average Bonchev–Trinajstić information content (AvgIpc) is 2.57. The van der Waals surface area contributed by atoms with E-state index in [9.17, 15) is 4.39 Å². The largest absolute Gasteiger partial charge is 0.341 e. The van der Waals surface area contributed by atoms with Crippen molar-refractivity contribution in [1.82, 2.24) is 15.3 Å². The maximum absolute atomic E-state index is 13.7. The number of halogens is 2. The predicted octanol–water partition coefficient (Wildman–Crippen LogP) is 3.14. The van der Waals surface area contributed by atoms with Crippen molar-refractivity contribution >= 4 is 21.9 Å². The van der Waals surface area contributed by atoms with Crippen molar-refractivity contribution in [3.63, 3.8) is 0 Å². The number of benzene rings is 1. The number of hydrogen-bond acceptors (Lipinski definition) is 4. The summed E-state index contributed by atoms with van der Waals surface area (Å²) in [6.07, 6.45) is 5.55. The maximum Gasteiger partial charge on any atom is 0.225 e. The normalized spacial score (nSPS) is 16.0. The number of rotatable bonds is 4. The molecule has 1 aliphatic heterocycles. The van der Waals surface area contributed by atoms with Crippen molar-refractivity contribution in [1.29, 1.82) is 0 Å². The monoisotopic (exact) mass is 364 g/mol. The first-order chi connectivity index (χ1) is 10.7. The first-order valence-electron chi connectivity index (χ1n) is 7.41. The summed E-state index contributed by atoms with van der Waals surface area (Å²) in [5, 5.41) is 3.45. The van der Waals surface area contributed by atoms with E-state index in [0.29, 0.717) is 18.2 Å². The Balaban J connectivity index is 1.51. The first-order valence-corrected chi connectivity index (χ1v) is 8.21. The molecule has 0 spiro atoms. The van der Waals surface area contributed by atoms with E-state index in [4.69, 9.17) is 0 Å². The molecule has 1 fully saturated rings. The van der Waals surface area contributed by atoms with E-state index < -0.39 is 0 Å². The molecular weight excluding hydrogens is 347 g/mol. The van der Waals surface area contributed by atoms with Crippen LogP contribution in [0.3, 0.4) is 0 Å². The van der Waals surface area contributed by atoms with E-state index in [1.54, 1.807) is 18.5 Å². The molecule has 4 nitrogen and oxygen atoms in total. The van der Waals surface area contributed by atoms with Crippen molar-refractivity contribution < 1.29 is 4.39 Å². The third-order valence-electron chi connectivity index (χ3n) is 3.92. The Bertz CT molecular complexity index is 615. The summed E-state index contributed by atoms with van der Waals surface area (Å²) in [5.74, 6) is 0.629. The van der Waals surface area contributed by atoms with Gasteiger partial charge in [-0.05, 0) is 37.1 Å². The smallest absolute Gasteiger partial charge is 0.225 e. The van der Waals surface area contributed by atoms with Gasteiger partial charge in [-0.2, -0.15) is 0 Å². The second kappa shape index (κ2) is 7.15. The van der Waals surface area contributed by atoms with Gasteiger partial charge in [-0.25, -0.2) is 14.4 Å². The molecule has 2 aromatic rings. The van der Waals surface area contributed by atoms with Gasteiger partial charge in [0, 0.05) is 48.1 Å². The Hall–Kier alpha value is -1.53. The van der Waals surface area contributed by atoms with Gasteiger partial charge in [0.1, 0.15) is 5.82 Å². The van der Waals surface area contributed by atoms with Gasteiger partial charge >= 0.3 is 0 Å². The van der Waals surface area contributed by atoms with Crippen LogP contribution in [-0.4, -0.2) is 29.1 Å². The number of hydrogen-bond donors (Lipinski definition) is 1. The van der Waals surface area contributed by atoms with Gasteiger partial charge in [0.15, 0.2) is 0 Å². The SMILES string of the molecule is Fc1ccc(Br)cc1CNC1CCN(c2ncccn2)CC1. The van der Waals surface area contributed by atoms with Crippen LogP contribution in [-0.2, 0) is 6.54 Å². The topological polar surface area (TPSA) is 41.0 Å². The molecule has 1 aromatic heterocycles. The number of piperidine rings is 1. The fraction of sp³-hybridized carbons (Fsp3) is 0.375. The molecule has 0 saturated carbocycles. The molecular formula is C16H18BrFN4. The highest BCUT2D eigenvalue weighted by atomic mass is 79.9. The van der Waals surface area contributed by atoms with Crippen LogP contribution in [0.4, 0.5) is 10.3 Å². The van der Waals surface area contributed by atoms with Gasteiger partial charge in [0.2, 0.25) is 5.95 Å². The summed E-state index contributed by atoms with van der Waals surface area (Å²) in [7, 11) is 0. The quantitative estimate of drug-likeness (QED) is 0.904. The number of nitrogens with zero attached hydrogens (tertiary/aromatic N) is 3. The fourth-order valence-corrected chi connectivity index (χ4v) is 3.08. The molecule has 0 bridgehead atoms. The van der Waals surface area contributed by atoms with E-state index in [-0.39, 0.29) is 5.82 Å². The molecule has 0 radical (unpaired) electrons. The second-order valence-electron chi connectivity index (χ2n) is 5.43. The van der Waals surface area contributed by atoms with Crippen molar-refractivity contribution in [2.75, 3.05) is 18.0 Å². The summed E-state index contributed by atoms with van der Waals surface area (Å²) in [6, 6.07) is 7.27. The van der Waals surface area contributed by atoms with E-state index in [1.807, 2.05) is 12.1 Å². The maximum atomic E-state index is 13.7. The highest BCUT2D eigenvalue weighted by molar-refractivity contribution is 9.10. The summed E-state index contributed by atoms with van der Waals surface area (Å²) in [6.45, 7) is 2.39. The minimum atomic E-state index is -0.161. The molecule has 1 saturated heterocycles. The predicted molar refractivity (Wildman–Crippen MR) is 88.2 cm³/mol. The summed E-state index contributed by atoms with van der Waals surface area (Å²) in [5.41, 5.74) is 0.697. The van der Waals surface area contributed by atoms with Gasteiger partial charge in [0.25, 0.3) is 0 Å². The second-order valence-corrected chi connectivity index (χ2v) is 6.34. The molecule has 3 rings (SSSR count). The lowest BCUT2D eigenvalue weighted by molar-refractivity contribution is 0.407. The van der Waals surface area contributed by atoms with Crippen LogP contribution < -0.4 is 10.2 Å². The number of aromatic nitrogens is 2. The molecule has 22 heavy (non-hydrogen) atoms. The Labute approximate surface area is 137 Å². The zero-order valence-corrected chi connectivity index (χ0v) is 13.8. The van der Waals surface area contributed by atoms with Gasteiger partial charge in [-0.15, -0.1) is 0 Å². The Morgan fingerprint density at radius 3 is 2.68 bits per heavy atom. The first kappa shape index (κ1) is 15.4. The van der Waals surface area contributed by atoms with Crippen molar-refractivity contribution in [3.05, 3.63) is 52.5 Å². The van der Waals surface area contributed by atoms with E-state index in [1.165, 1.54) is 6.07 Å². The van der Waals surface area contributed by atoms with Gasteiger partial charge in [-0.3, -0.25) is 0 Å². The van der Waals surface area contributed by atoms with Gasteiger partial charge in [0.05, 0.1) is 0 Å². The molecule has 0 amide bonds. The van der Waals surface area contributed by atoms with Crippen molar-refractivity contribution in [3.8, 4) is 0 Å².